The van der Waals surface area contributed by atoms with Crippen LogP contribution in [-0.4, -0.2) is 20.5 Å². The molecule has 0 amide bonds. The summed E-state index contributed by atoms with van der Waals surface area (Å²) in [7, 11) is -3.66. The van der Waals surface area contributed by atoms with E-state index in [9.17, 15) is 8.42 Å². The predicted octanol–water partition coefficient (Wildman–Crippen LogP) is 1.78. The third kappa shape index (κ3) is 3.92. The van der Waals surface area contributed by atoms with Crippen molar-refractivity contribution in [3.05, 3.63) is 22.7 Å². The Morgan fingerprint density at radius 2 is 1.84 bits per heavy atom. The van der Waals surface area contributed by atoms with Crippen molar-refractivity contribution in [3.8, 4) is 0 Å². The van der Waals surface area contributed by atoms with Gasteiger partial charge < -0.3 is 11.1 Å². The number of rotatable bonds is 3. The molecule has 5 nitrogen and oxygen atoms in total. The molecule has 0 unspecified atom stereocenters. The Hall–Kier alpha value is -0.630. The second-order valence-corrected chi connectivity index (χ2v) is 7.36. The van der Waals surface area contributed by atoms with E-state index in [0.29, 0.717) is 16.6 Å². The molecule has 1 aliphatic rings. The lowest BCUT2D eigenvalue weighted by molar-refractivity contribution is 0.411. The molecule has 1 aromatic rings. The summed E-state index contributed by atoms with van der Waals surface area (Å²) in [6.45, 7) is 0. The van der Waals surface area contributed by atoms with Crippen LogP contribution < -0.4 is 16.2 Å². The summed E-state index contributed by atoms with van der Waals surface area (Å²) < 4.78 is 23.2. The summed E-state index contributed by atoms with van der Waals surface area (Å²) in [5.74, 6) is 0. The molecule has 0 heterocycles. The fourth-order valence-electron chi connectivity index (χ4n) is 2.27. The van der Waals surface area contributed by atoms with E-state index >= 15 is 0 Å². The standard InChI is InChI=1S/C12H18BrN3O2S/c13-11-7-10(19(15,17)18)5-6-12(11)16-9-3-1-8(14)2-4-9/h5-9,16H,1-4,14H2,(H2,15,17,18). The topological polar surface area (TPSA) is 98.2 Å². The molecule has 0 saturated heterocycles. The molecule has 106 valence electrons. The number of halogens is 1. The Bertz CT molecular complexity index is 554. The third-order valence-electron chi connectivity index (χ3n) is 3.40. The van der Waals surface area contributed by atoms with Gasteiger partial charge in [0, 0.05) is 22.2 Å². The van der Waals surface area contributed by atoms with E-state index in [2.05, 4.69) is 21.2 Å². The van der Waals surface area contributed by atoms with Crippen molar-refractivity contribution in [1.29, 1.82) is 0 Å². The van der Waals surface area contributed by atoms with E-state index < -0.39 is 10.0 Å². The van der Waals surface area contributed by atoms with Gasteiger partial charge in [-0.05, 0) is 59.8 Å². The number of sulfonamides is 1. The van der Waals surface area contributed by atoms with E-state index in [1.807, 2.05) is 0 Å². The smallest absolute Gasteiger partial charge is 0.238 e. The summed E-state index contributed by atoms with van der Waals surface area (Å²) in [5, 5.41) is 8.50. The molecule has 0 aliphatic heterocycles. The van der Waals surface area contributed by atoms with E-state index in [-0.39, 0.29) is 4.90 Å². The van der Waals surface area contributed by atoms with Crippen LogP contribution in [0.2, 0.25) is 0 Å². The molecule has 1 saturated carbocycles. The van der Waals surface area contributed by atoms with Crippen LogP contribution in [0.1, 0.15) is 25.7 Å². The highest BCUT2D eigenvalue weighted by atomic mass is 79.9. The molecule has 0 radical (unpaired) electrons. The van der Waals surface area contributed by atoms with Gasteiger partial charge in [0.05, 0.1) is 4.90 Å². The molecule has 5 N–H and O–H groups in total. The van der Waals surface area contributed by atoms with Crippen molar-refractivity contribution < 1.29 is 8.42 Å². The van der Waals surface area contributed by atoms with Crippen LogP contribution in [-0.2, 0) is 10.0 Å². The van der Waals surface area contributed by atoms with Gasteiger partial charge in [-0.2, -0.15) is 0 Å². The number of hydrogen-bond acceptors (Lipinski definition) is 4. The maximum Gasteiger partial charge on any atom is 0.238 e. The second-order valence-electron chi connectivity index (χ2n) is 4.94. The highest BCUT2D eigenvalue weighted by Gasteiger charge is 2.19. The Kier molecular flexibility index (Phi) is 4.50. The highest BCUT2D eigenvalue weighted by Crippen LogP contribution is 2.28. The fourth-order valence-corrected chi connectivity index (χ4v) is 3.46. The summed E-state index contributed by atoms with van der Waals surface area (Å²) in [6, 6.07) is 5.46. The van der Waals surface area contributed by atoms with Crippen LogP contribution in [0.5, 0.6) is 0 Å². The zero-order valence-corrected chi connectivity index (χ0v) is 12.9. The minimum atomic E-state index is -3.66. The fraction of sp³-hybridized carbons (Fsp3) is 0.500. The number of benzene rings is 1. The summed E-state index contributed by atoms with van der Waals surface area (Å²) in [5.41, 5.74) is 6.75. The van der Waals surface area contributed by atoms with Gasteiger partial charge >= 0.3 is 0 Å². The van der Waals surface area contributed by atoms with Crippen LogP contribution in [0.3, 0.4) is 0 Å². The van der Waals surface area contributed by atoms with Crippen LogP contribution in [0.4, 0.5) is 5.69 Å². The van der Waals surface area contributed by atoms with Gasteiger partial charge in [0.25, 0.3) is 0 Å². The number of nitrogens with one attached hydrogen (secondary N) is 1. The number of primary sulfonamides is 1. The first-order chi connectivity index (χ1) is 8.86. The van der Waals surface area contributed by atoms with Crippen molar-refractivity contribution in [2.75, 3.05) is 5.32 Å². The normalized spacial score (nSPS) is 24.2. The molecule has 7 heteroatoms. The van der Waals surface area contributed by atoms with Crippen molar-refractivity contribution in [2.45, 2.75) is 42.7 Å². The first-order valence-electron chi connectivity index (χ1n) is 6.21. The number of hydrogen-bond donors (Lipinski definition) is 3. The van der Waals surface area contributed by atoms with Crippen molar-refractivity contribution >= 4 is 31.6 Å². The number of nitrogens with two attached hydrogens (primary N) is 2. The second kappa shape index (κ2) is 5.78. The molecule has 1 aromatic carbocycles. The number of anilines is 1. The summed E-state index contributed by atoms with van der Waals surface area (Å²) >= 11 is 3.37. The van der Waals surface area contributed by atoms with E-state index in [1.54, 1.807) is 6.07 Å². The van der Waals surface area contributed by atoms with Crippen LogP contribution in [0.25, 0.3) is 0 Å². The van der Waals surface area contributed by atoms with Crippen molar-refractivity contribution in [1.82, 2.24) is 0 Å². The largest absolute Gasteiger partial charge is 0.381 e. The van der Waals surface area contributed by atoms with Crippen molar-refractivity contribution in [2.24, 2.45) is 10.9 Å². The first-order valence-corrected chi connectivity index (χ1v) is 8.54. The molecular formula is C12H18BrN3O2S. The third-order valence-corrected chi connectivity index (χ3v) is 4.97. The predicted molar refractivity (Wildman–Crippen MR) is 79.4 cm³/mol. The lowest BCUT2D eigenvalue weighted by Crippen LogP contribution is -2.32. The minimum Gasteiger partial charge on any atom is -0.381 e. The lowest BCUT2D eigenvalue weighted by atomic mass is 9.92. The monoisotopic (exact) mass is 347 g/mol. The average Bonchev–Trinajstić information content (AvgIpc) is 2.33. The quantitative estimate of drug-likeness (QED) is 0.775. The molecule has 1 fully saturated rings. The molecule has 0 spiro atoms. The SMILES string of the molecule is NC1CCC(Nc2ccc(S(N)(=O)=O)cc2Br)CC1. The van der Waals surface area contributed by atoms with Gasteiger partial charge in [0.2, 0.25) is 10.0 Å². The van der Waals surface area contributed by atoms with E-state index in [4.69, 9.17) is 10.9 Å². The zero-order valence-electron chi connectivity index (χ0n) is 10.5. The molecule has 0 atom stereocenters. The summed E-state index contributed by atoms with van der Waals surface area (Å²) in [6.07, 6.45) is 4.10. The van der Waals surface area contributed by atoms with Gasteiger partial charge in [-0.15, -0.1) is 0 Å². The Morgan fingerprint density at radius 1 is 1.21 bits per heavy atom. The van der Waals surface area contributed by atoms with Gasteiger partial charge in [-0.3, -0.25) is 0 Å². The molecular weight excluding hydrogens is 330 g/mol. The average molecular weight is 348 g/mol. The van der Waals surface area contributed by atoms with Gasteiger partial charge in [-0.1, -0.05) is 0 Å². The lowest BCUT2D eigenvalue weighted by Gasteiger charge is -2.28. The Labute approximate surface area is 121 Å². The Morgan fingerprint density at radius 3 is 2.37 bits per heavy atom. The maximum absolute atomic E-state index is 11.2. The van der Waals surface area contributed by atoms with E-state index in [1.165, 1.54) is 12.1 Å². The highest BCUT2D eigenvalue weighted by molar-refractivity contribution is 9.10. The van der Waals surface area contributed by atoms with Crippen molar-refractivity contribution in [3.63, 3.8) is 0 Å². The van der Waals surface area contributed by atoms with Gasteiger partial charge in [0.1, 0.15) is 0 Å². The van der Waals surface area contributed by atoms with E-state index in [0.717, 1.165) is 31.4 Å². The summed E-state index contributed by atoms with van der Waals surface area (Å²) in [4.78, 5) is 0.107. The molecule has 0 bridgehead atoms. The van der Waals surface area contributed by atoms with Crippen LogP contribution >= 0.6 is 15.9 Å². The first kappa shape index (κ1) is 14.8. The van der Waals surface area contributed by atoms with Gasteiger partial charge in [-0.25, -0.2) is 13.6 Å². The molecule has 2 rings (SSSR count). The van der Waals surface area contributed by atoms with Crippen LogP contribution in [0.15, 0.2) is 27.6 Å². The maximum atomic E-state index is 11.2. The zero-order chi connectivity index (χ0) is 14.0. The molecule has 19 heavy (non-hydrogen) atoms. The molecule has 0 aromatic heterocycles. The minimum absolute atomic E-state index is 0.107. The van der Waals surface area contributed by atoms with Crippen LogP contribution in [0, 0.1) is 0 Å². The Balaban J connectivity index is 2.09. The van der Waals surface area contributed by atoms with Gasteiger partial charge in [0.15, 0.2) is 0 Å². The molecule has 1 aliphatic carbocycles.